The molecule has 0 radical (unpaired) electrons. The summed E-state index contributed by atoms with van der Waals surface area (Å²) >= 11 is 0. The average molecular weight is 411 g/mol. The van der Waals surface area contributed by atoms with E-state index in [1.807, 2.05) is 33.8 Å². The van der Waals surface area contributed by atoms with E-state index in [0.717, 1.165) is 11.0 Å². The van der Waals surface area contributed by atoms with E-state index in [1.165, 1.54) is 6.08 Å². The van der Waals surface area contributed by atoms with Crippen molar-refractivity contribution in [2.75, 3.05) is 26.2 Å². The zero-order valence-electron chi connectivity index (χ0n) is 16.9. The number of sulfonamides is 1. The van der Waals surface area contributed by atoms with Crippen LogP contribution in [0.5, 0.6) is 0 Å². The van der Waals surface area contributed by atoms with Crippen LogP contribution in [0.4, 0.5) is 0 Å². The van der Waals surface area contributed by atoms with Crippen molar-refractivity contribution in [3.05, 3.63) is 41.3 Å². The Bertz CT molecular complexity index is 748. The largest absolute Gasteiger partial charge is 0.455 e. The summed E-state index contributed by atoms with van der Waals surface area (Å²) in [7, 11) is -3.79. The monoisotopic (exact) mass is 410 g/mol. The van der Waals surface area contributed by atoms with Gasteiger partial charge in [0, 0.05) is 18.5 Å². The quantitative estimate of drug-likeness (QED) is 0.565. The summed E-state index contributed by atoms with van der Waals surface area (Å²) in [6.45, 7) is 8.23. The third kappa shape index (κ3) is 10.2. The predicted octanol–water partition coefficient (Wildman–Crippen LogP) is 2.26. The zero-order valence-corrected chi connectivity index (χ0v) is 17.7. The van der Waals surface area contributed by atoms with Crippen molar-refractivity contribution in [1.29, 1.82) is 0 Å². The van der Waals surface area contributed by atoms with Crippen LogP contribution < -0.4 is 4.72 Å². The molecule has 156 valence electrons. The predicted molar refractivity (Wildman–Crippen MR) is 110 cm³/mol. The summed E-state index contributed by atoms with van der Waals surface area (Å²) in [6, 6.07) is 8.91. The highest BCUT2D eigenvalue weighted by Crippen LogP contribution is 2.05. The summed E-state index contributed by atoms with van der Waals surface area (Å²) in [6.07, 6.45) is 1.42. The third-order valence-corrected chi connectivity index (χ3v) is 4.58. The molecule has 1 aromatic carbocycles. The number of nitrogens with zero attached hydrogens (tertiary/aromatic N) is 1. The smallest absolute Gasteiger partial charge is 0.321 e. The number of carbonyl (C=O) groups excluding carboxylic acids is 2. The van der Waals surface area contributed by atoms with Crippen LogP contribution in [-0.2, 0) is 24.3 Å². The summed E-state index contributed by atoms with van der Waals surface area (Å²) in [5.74, 6) is -0.509. The second kappa shape index (κ2) is 11.6. The van der Waals surface area contributed by atoms with Gasteiger partial charge in [0.2, 0.25) is 10.0 Å². The Morgan fingerprint density at radius 2 is 1.64 bits per heavy atom. The SMILES string of the molecule is CC(C)CN(CC(C)C)C(=O)COC(=O)CNS(=O)(=O)/C=C/c1ccccc1. The Labute approximate surface area is 167 Å². The molecule has 0 aromatic heterocycles. The fourth-order valence-corrected chi connectivity index (χ4v) is 3.14. The number of rotatable bonds is 11. The van der Waals surface area contributed by atoms with Crippen molar-refractivity contribution < 1.29 is 22.7 Å². The minimum absolute atomic E-state index is 0.289. The Morgan fingerprint density at radius 3 is 2.18 bits per heavy atom. The van der Waals surface area contributed by atoms with Gasteiger partial charge in [-0.25, -0.2) is 13.1 Å². The Balaban J connectivity index is 2.48. The van der Waals surface area contributed by atoms with Crippen molar-refractivity contribution in [3.63, 3.8) is 0 Å². The molecular formula is C20H30N2O5S. The van der Waals surface area contributed by atoms with E-state index in [0.29, 0.717) is 24.9 Å². The molecule has 0 unspecified atom stereocenters. The molecule has 0 heterocycles. The van der Waals surface area contributed by atoms with Crippen LogP contribution in [0.25, 0.3) is 6.08 Å². The number of benzene rings is 1. The van der Waals surface area contributed by atoms with Crippen LogP contribution >= 0.6 is 0 Å². The molecule has 0 aliphatic heterocycles. The molecule has 0 spiro atoms. The minimum Gasteiger partial charge on any atom is -0.455 e. The van der Waals surface area contributed by atoms with Gasteiger partial charge < -0.3 is 9.64 Å². The molecule has 0 saturated carbocycles. The van der Waals surface area contributed by atoms with Gasteiger partial charge in [0.25, 0.3) is 5.91 Å². The van der Waals surface area contributed by atoms with Gasteiger partial charge in [0.05, 0.1) is 0 Å². The molecule has 1 rings (SSSR count). The molecule has 0 aliphatic carbocycles. The first-order valence-electron chi connectivity index (χ1n) is 9.25. The lowest BCUT2D eigenvalue weighted by Gasteiger charge is -2.26. The number of amides is 1. The molecule has 28 heavy (non-hydrogen) atoms. The molecular weight excluding hydrogens is 380 g/mol. The van der Waals surface area contributed by atoms with E-state index in [1.54, 1.807) is 29.2 Å². The minimum atomic E-state index is -3.79. The second-order valence-corrected chi connectivity index (χ2v) is 8.98. The fourth-order valence-electron chi connectivity index (χ4n) is 2.38. The number of ether oxygens (including phenoxy) is 1. The van der Waals surface area contributed by atoms with Crippen LogP contribution in [0, 0.1) is 11.8 Å². The van der Waals surface area contributed by atoms with Gasteiger partial charge in [-0.1, -0.05) is 58.0 Å². The first-order chi connectivity index (χ1) is 13.1. The van der Waals surface area contributed by atoms with E-state index in [9.17, 15) is 18.0 Å². The summed E-state index contributed by atoms with van der Waals surface area (Å²) in [5, 5.41) is 0.980. The van der Waals surface area contributed by atoms with Crippen LogP contribution in [0.15, 0.2) is 35.7 Å². The third-order valence-electron chi connectivity index (χ3n) is 3.54. The lowest BCUT2D eigenvalue weighted by atomic mass is 10.1. The molecule has 1 N–H and O–H groups in total. The fraction of sp³-hybridized carbons (Fsp3) is 0.500. The molecule has 7 nitrogen and oxygen atoms in total. The van der Waals surface area contributed by atoms with E-state index in [4.69, 9.17) is 4.74 Å². The molecule has 0 bridgehead atoms. The van der Waals surface area contributed by atoms with Crippen LogP contribution in [0.2, 0.25) is 0 Å². The normalized spacial score (nSPS) is 11.9. The van der Waals surface area contributed by atoms with Gasteiger partial charge in [-0.15, -0.1) is 0 Å². The van der Waals surface area contributed by atoms with E-state index < -0.39 is 29.1 Å². The topological polar surface area (TPSA) is 92.8 Å². The number of nitrogens with one attached hydrogen (secondary N) is 1. The summed E-state index contributed by atoms with van der Waals surface area (Å²) < 4.78 is 30.9. The highest BCUT2D eigenvalue weighted by molar-refractivity contribution is 7.92. The molecule has 1 amide bonds. The van der Waals surface area contributed by atoms with E-state index in [-0.39, 0.29) is 5.91 Å². The van der Waals surface area contributed by atoms with Gasteiger partial charge in [0.15, 0.2) is 6.61 Å². The molecule has 0 aliphatic rings. The molecule has 0 saturated heterocycles. The number of hydrogen-bond donors (Lipinski definition) is 1. The van der Waals surface area contributed by atoms with Gasteiger partial charge in [-0.2, -0.15) is 0 Å². The Hall–Kier alpha value is -2.19. The maximum Gasteiger partial charge on any atom is 0.321 e. The lowest BCUT2D eigenvalue weighted by Crippen LogP contribution is -2.40. The Kier molecular flexibility index (Phi) is 9.89. The van der Waals surface area contributed by atoms with Crippen LogP contribution in [-0.4, -0.2) is 51.4 Å². The summed E-state index contributed by atoms with van der Waals surface area (Å²) in [4.78, 5) is 25.7. The van der Waals surface area contributed by atoms with Crippen LogP contribution in [0.3, 0.4) is 0 Å². The molecule has 1 aromatic rings. The first-order valence-corrected chi connectivity index (χ1v) is 10.8. The number of hydrogen-bond acceptors (Lipinski definition) is 5. The van der Waals surface area contributed by atoms with Crippen molar-refractivity contribution in [2.45, 2.75) is 27.7 Å². The van der Waals surface area contributed by atoms with Crippen molar-refractivity contribution in [2.24, 2.45) is 11.8 Å². The average Bonchev–Trinajstić information content (AvgIpc) is 2.62. The van der Waals surface area contributed by atoms with Gasteiger partial charge in [-0.3, -0.25) is 9.59 Å². The molecule has 8 heteroatoms. The standard InChI is InChI=1S/C20H30N2O5S/c1-16(2)13-22(14-17(3)4)19(23)15-27-20(24)12-21-28(25,26)11-10-18-8-6-5-7-9-18/h5-11,16-17,21H,12-15H2,1-4H3/b11-10+. The molecule has 0 fully saturated rings. The maximum atomic E-state index is 12.3. The van der Waals surface area contributed by atoms with Crippen LogP contribution in [0.1, 0.15) is 33.3 Å². The van der Waals surface area contributed by atoms with E-state index >= 15 is 0 Å². The summed E-state index contributed by atoms with van der Waals surface area (Å²) in [5.41, 5.74) is 0.719. The highest BCUT2D eigenvalue weighted by Gasteiger charge is 2.18. The number of esters is 1. The van der Waals surface area contributed by atoms with Crippen molar-refractivity contribution >= 4 is 28.0 Å². The first kappa shape index (κ1) is 23.8. The lowest BCUT2D eigenvalue weighted by molar-refractivity contribution is -0.151. The maximum absolute atomic E-state index is 12.3. The molecule has 0 atom stereocenters. The van der Waals surface area contributed by atoms with Gasteiger partial charge >= 0.3 is 5.97 Å². The van der Waals surface area contributed by atoms with Crippen molar-refractivity contribution in [3.8, 4) is 0 Å². The zero-order chi connectivity index (χ0) is 21.2. The second-order valence-electron chi connectivity index (χ2n) is 7.33. The Morgan fingerprint density at radius 1 is 1.07 bits per heavy atom. The highest BCUT2D eigenvalue weighted by atomic mass is 32.2. The van der Waals surface area contributed by atoms with Crippen molar-refractivity contribution in [1.82, 2.24) is 9.62 Å². The van der Waals surface area contributed by atoms with E-state index in [2.05, 4.69) is 4.72 Å². The van der Waals surface area contributed by atoms with Gasteiger partial charge in [-0.05, 0) is 23.5 Å². The van der Waals surface area contributed by atoms with Gasteiger partial charge in [0.1, 0.15) is 6.54 Å². The number of carbonyl (C=O) groups is 2.